The molecule has 1 heterocycles. The number of hydrogen-bond donors (Lipinski definition) is 0. The van der Waals surface area contributed by atoms with E-state index < -0.39 is 0 Å². The molecule has 3 rings (SSSR count). The van der Waals surface area contributed by atoms with Crippen LogP contribution >= 0.6 is 11.6 Å². The van der Waals surface area contributed by atoms with Crippen LogP contribution in [0.5, 0.6) is 5.75 Å². The van der Waals surface area contributed by atoms with E-state index in [1.54, 1.807) is 0 Å². The Hall–Kier alpha value is -2.06. The first-order valence-electron chi connectivity index (χ1n) is 7.03. The van der Waals surface area contributed by atoms with Crippen molar-refractivity contribution in [3.8, 4) is 5.75 Å². The van der Waals surface area contributed by atoms with Gasteiger partial charge in [0.15, 0.2) is 0 Å². The second kappa shape index (κ2) is 6.15. The number of aromatic nitrogens is 1. The Labute approximate surface area is 129 Å². The van der Waals surface area contributed by atoms with Crippen molar-refractivity contribution < 1.29 is 4.74 Å². The number of aryl methyl sites for hydroxylation is 1. The van der Waals surface area contributed by atoms with Crippen LogP contribution in [0.1, 0.15) is 18.2 Å². The van der Waals surface area contributed by atoms with Crippen LogP contribution < -0.4 is 4.74 Å². The SMILES string of the molecule is CCc1cc(OCc2ccccc2)c2c(Cl)cccc2n1. The third kappa shape index (κ3) is 3.01. The quantitative estimate of drug-likeness (QED) is 0.674. The number of halogens is 1. The second-order valence-corrected chi connectivity index (χ2v) is 5.28. The van der Waals surface area contributed by atoms with Gasteiger partial charge >= 0.3 is 0 Å². The zero-order valence-electron chi connectivity index (χ0n) is 11.8. The van der Waals surface area contributed by atoms with Crippen LogP contribution in [0.25, 0.3) is 10.9 Å². The number of fused-ring (bicyclic) bond motifs is 1. The summed E-state index contributed by atoms with van der Waals surface area (Å²) < 4.78 is 6.00. The molecule has 0 aliphatic rings. The maximum atomic E-state index is 6.32. The molecule has 0 amide bonds. The van der Waals surface area contributed by atoms with Gasteiger partial charge < -0.3 is 4.74 Å². The van der Waals surface area contributed by atoms with Crippen molar-refractivity contribution in [1.82, 2.24) is 4.98 Å². The summed E-state index contributed by atoms with van der Waals surface area (Å²) in [6.45, 7) is 2.61. The van der Waals surface area contributed by atoms with Crippen molar-refractivity contribution in [3.63, 3.8) is 0 Å². The summed E-state index contributed by atoms with van der Waals surface area (Å²) in [4.78, 5) is 4.61. The maximum Gasteiger partial charge on any atom is 0.132 e. The van der Waals surface area contributed by atoms with Crippen molar-refractivity contribution >= 4 is 22.5 Å². The number of hydrogen-bond acceptors (Lipinski definition) is 2. The molecule has 0 spiro atoms. The van der Waals surface area contributed by atoms with Crippen molar-refractivity contribution in [3.05, 3.63) is 70.9 Å². The molecule has 0 saturated carbocycles. The molecule has 3 heteroatoms. The Balaban J connectivity index is 2.00. The third-order valence-electron chi connectivity index (χ3n) is 3.40. The van der Waals surface area contributed by atoms with E-state index in [2.05, 4.69) is 11.9 Å². The molecule has 0 bridgehead atoms. The molecule has 2 nitrogen and oxygen atoms in total. The summed E-state index contributed by atoms with van der Waals surface area (Å²) in [5, 5.41) is 1.55. The van der Waals surface area contributed by atoms with Gasteiger partial charge in [-0.05, 0) is 24.1 Å². The van der Waals surface area contributed by atoms with Gasteiger partial charge in [-0.25, -0.2) is 0 Å². The van der Waals surface area contributed by atoms with Crippen LogP contribution in [0.15, 0.2) is 54.6 Å². The maximum absolute atomic E-state index is 6.32. The lowest BCUT2D eigenvalue weighted by molar-refractivity contribution is 0.309. The Morgan fingerprint density at radius 3 is 2.62 bits per heavy atom. The van der Waals surface area contributed by atoms with Gasteiger partial charge in [0.25, 0.3) is 0 Å². The Kier molecular flexibility index (Phi) is 4.07. The first-order chi connectivity index (χ1) is 10.3. The highest BCUT2D eigenvalue weighted by molar-refractivity contribution is 6.35. The standard InChI is InChI=1S/C18H16ClNO/c1-2-14-11-17(21-12-13-7-4-3-5-8-13)18-15(19)9-6-10-16(18)20-14/h3-11H,2,12H2,1H3. The second-order valence-electron chi connectivity index (χ2n) is 4.87. The van der Waals surface area contributed by atoms with E-state index in [1.165, 1.54) is 0 Å². The lowest BCUT2D eigenvalue weighted by atomic mass is 10.1. The van der Waals surface area contributed by atoms with Crippen LogP contribution in [0.2, 0.25) is 5.02 Å². The van der Waals surface area contributed by atoms with Crippen LogP contribution in [-0.4, -0.2) is 4.98 Å². The van der Waals surface area contributed by atoms with E-state index in [0.717, 1.165) is 34.3 Å². The zero-order chi connectivity index (χ0) is 14.7. The van der Waals surface area contributed by atoms with Crippen molar-refractivity contribution in [1.29, 1.82) is 0 Å². The first kappa shape index (κ1) is 13.9. The molecule has 0 atom stereocenters. The normalized spacial score (nSPS) is 10.8. The highest BCUT2D eigenvalue weighted by atomic mass is 35.5. The van der Waals surface area contributed by atoms with Gasteiger partial charge in [-0.1, -0.05) is 54.9 Å². The van der Waals surface area contributed by atoms with Crippen molar-refractivity contribution in [2.24, 2.45) is 0 Å². The van der Waals surface area contributed by atoms with Gasteiger partial charge in [0, 0.05) is 11.8 Å². The molecule has 0 radical (unpaired) electrons. The van der Waals surface area contributed by atoms with Crippen LogP contribution in [0, 0.1) is 0 Å². The molecule has 21 heavy (non-hydrogen) atoms. The molecular weight excluding hydrogens is 282 g/mol. The molecule has 0 saturated heterocycles. The molecule has 0 unspecified atom stereocenters. The molecule has 2 aromatic carbocycles. The zero-order valence-corrected chi connectivity index (χ0v) is 12.6. The third-order valence-corrected chi connectivity index (χ3v) is 3.71. The first-order valence-corrected chi connectivity index (χ1v) is 7.40. The summed E-state index contributed by atoms with van der Waals surface area (Å²) in [6, 6.07) is 17.8. The largest absolute Gasteiger partial charge is 0.488 e. The summed E-state index contributed by atoms with van der Waals surface area (Å²) in [5.41, 5.74) is 3.02. The van der Waals surface area contributed by atoms with E-state index in [9.17, 15) is 0 Å². The Bertz CT molecular complexity index is 756. The minimum Gasteiger partial charge on any atom is -0.488 e. The molecular formula is C18H16ClNO. The van der Waals surface area contributed by atoms with Gasteiger partial charge in [-0.15, -0.1) is 0 Å². The lowest BCUT2D eigenvalue weighted by Crippen LogP contribution is -1.98. The molecule has 106 valence electrons. The number of rotatable bonds is 4. The van der Waals surface area contributed by atoms with Crippen LogP contribution in [0.3, 0.4) is 0 Å². The van der Waals surface area contributed by atoms with Crippen LogP contribution in [-0.2, 0) is 13.0 Å². The summed E-state index contributed by atoms with van der Waals surface area (Å²) in [6.07, 6.45) is 0.865. The molecule has 1 aromatic heterocycles. The average molecular weight is 298 g/mol. The highest BCUT2D eigenvalue weighted by Gasteiger charge is 2.10. The smallest absolute Gasteiger partial charge is 0.132 e. The fourth-order valence-corrected chi connectivity index (χ4v) is 2.55. The van der Waals surface area contributed by atoms with Gasteiger partial charge in [0.05, 0.1) is 15.9 Å². The monoisotopic (exact) mass is 297 g/mol. The predicted molar refractivity (Wildman–Crippen MR) is 86.9 cm³/mol. The summed E-state index contributed by atoms with van der Waals surface area (Å²) in [5.74, 6) is 0.798. The van der Waals surface area contributed by atoms with E-state index in [0.29, 0.717) is 11.6 Å². The molecule has 0 N–H and O–H groups in total. The Morgan fingerprint density at radius 2 is 1.86 bits per heavy atom. The van der Waals surface area contributed by atoms with E-state index in [1.807, 2.05) is 54.6 Å². The molecule has 0 fully saturated rings. The van der Waals surface area contributed by atoms with E-state index in [-0.39, 0.29) is 0 Å². The van der Waals surface area contributed by atoms with Crippen molar-refractivity contribution in [2.75, 3.05) is 0 Å². The fourth-order valence-electron chi connectivity index (χ4n) is 2.29. The fraction of sp³-hybridized carbons (Fsp3) is 0.167. The number of benzene rings is 2. The summed E-state index contributed by atoms with van der Waals surface area (Å²) >= 11 is 6.32. The van der Waals surface area contributed by atoms with Crippen molar-refractivity contribution in [2.45, 2.75) is 20.0 Å². The van der Waals surface area contributed by atoms with E-state index >= 15 is 0 Å². The molecule has 3 aromatic rings. The average Bonchev–Trinajstić information content (AvgIpc) is 2.53. The van der Waals surface area contributed by atoms with E-state index in [4.69, 9.17) is 16.3 Å². The Morgan fingerprint density at radius 1 is 1.05 bits per heavy atom. The minimum absolute atomic E-state index is 0.522. The minimum atomic E-state index is 0.522. The number of nitrogens with zero attached hydrogens (tertiary/aromatic N) is 1. The number of pyridine rings is 1. The van der Waals surface area contributed by atoms with Gasteiger partial charge in [-0.2, -0.15) is 0 Å². The number of ether oxygens (including phenoxy) is 1. The molecule has 0 aliphatic heterocycles. The summed E-state index contributed by atoms with van der Waals surface area (Å²) in [7, 11) is 0. The van der Waals surface area contributed by atoms with Gasteiger partial charge in [0.1, 0.15) is 12.4 Å². The van der Waals surface area contributed by atoms with Crippen LogP contribution in [0.4, 0.5) is 0 Å². The van der Waals surface area contributed by atoms with Gasteiger partial charge in [0.2, 0.25) is 0 Å². The van der Waals surface area contributed by atoms with Gasteiger partial charge in [-0.3, -0.25) is 4.98 Å². The molecule has 0 aliphatic carbocycles. The lowest BCUT2D eigenvalue weighted by Gasteiger charge is -2.12. The predicted octanol–water partition coefficient (Wildman–Crippen LogP) is 5.03. The highest BCUT2D eigenvalue weighted by Crippen LogP contribution is 2.32. The topological polar surface area (TPSA) is 22.1 Å².